The molecular weight excluding hydrogens is 455 g/mol. The largest absolute Gasteiger partial charge is 0.490 e. The Morgan fingerprint density at radius 2 is 1.76 bits per heavy atom. The van der Waals surface area contributed by atoms with Crippen LogP contribution in [0.2, 0.25) is 0 Å². The van der Waals surface area contributed by atoms with Crippen molar-refractivity contribution in [3.63, 3.8) is 0 Å². The number of hydrogen-bond donors (Lipinski definition) is 3. The molecule has 0 radical (unpaired) electrons. The highest BCUT2D eigenvalue weighted by Gasteiger charge is 2.38. The lowest BCUT2D eigenvalue weighted by Gasteiger charge is -2.18. The minimum absolute atomic E-state index is 0.0433. The fraction of sp³-hybridized carbons (Fsp3) is 0.217. The van der Waals surface area contributed by atoms with E-state index in [-0.39, 0.29) is 17.8 Å². The van der Waals surface area contributed by atoms with Crippen LogP contribution < -0.4 is 5.32 Å². The zero-order valence-corrected chi connectivity index (χ0v) is 18.1. The Morgan fingerprint density at radius 1 is 1.12 bits per heavy atom. The first-order chi connectivity index (χ1) is 16.0. The number of fused-ring (bicyclic) bond motifs is 1. The maximum Gasteiger partial charge on any atom is 0.490 e. The highest BCUT2D eigenvalue weighted by molar-refractivity contribution is 5.98. The first-order valence-corrected chi connectivity index (χ1v) is 9.97. The van der Waals surface area contributed by atoms with E-state index in [1.54, 1.807) is 18.3 Å². The fourth-order valence-electron chi connectivity index (χ4n) is 3.30. The van der Waals surface area contributed by atoms with Gasteiger partial charge < -0.3 is 20.1 Å². The number of carboxylic acids is 1. The van der Waals surface area contributed by atoms with Gasteiger partial charge in [0.15, 0.2) is 0 Å². The number of aliphatic carboxylic acids is 1. The molecular formula is C23H20F3N3O5. The van der Waals surface area contributed by atoms with Crippen molar-refractivity contribution >= 4 is 17.8 Å². The molecule has 3 aromatic rings. The normalized spacial score (nSPS) is 14.9. The summed E-state index contributed by atoms with van der Waals surface area (Å²) in [6, 6.07) is 12.9. The Bertz CT molecular complexity index is 1220. The lowest BCUT2D eigenvalue weighted by Crippen LogP contribution is -2.33. The number of methoxy groups -OCH3 is 1. The first kappa shape index (κ1) is 24.5. The molecule has 2 aromatic heterocycles. The molecule has 4 rings (SSSR count). The number of benzene rings is 1. The van der Waals surface area contributed by atoms with E-state index in [2.05, 4.69) is 22.2 Å². The van der Waals surface area contributed by atoms with E-state index in [1.807, 2.05) is 30.3 Å². The van der Waals surface area contributed by atoms with Gasteiger partial charge in [-0.15, -0.1) is 0 Å². The molecule has 1 unspecified atom stereocenters. The van der Waals surface area contributed by atoms with Crippen molar-refractivity contribution in [1.82, 2.24) is 15.3 Å². The molecule has 34 heavy (non-hydrogen) atoms. The molecule has 0 spiro atoms. The van der Waals surface area contributed by atoms with Gasteiger partial charge in [-0.2, -0.15) is 13.2 Å². The maximum absolute atomic E-state index is 12.1. The van der Waals surface area contributed by atoms with E-state index in [1.165, 1.54) is 7.11 Å². The lowest BCUT2D eigenvalue weighted by atomic mass is 9.99. The summed E-state index contributed by atoms with van der Waals surface area (Å²) in [5, 5.41) is 10.0. The van der Waals surface area contributed by atoms with Crippen molar-refractivity contribution in [2.24, 2.45) is 0 Å². The predicted octanol–water partition coefficient (Wildman–Crippen LogP) is 4.01. The number of halogens is 3. The first-order valence-electron chi connectivity index (χ1n) is 9.97. The molecule has 1 amide bonds. The number of alkyl halides is 3. The van der Waals surface area contributed by atoms with Crippen molar-refractivity contribution in [2.75, 3.05) is 13.7 Å². The zero-order chi connectivity index (χ0) is 25.0. The van der Waals surface area contributed by atoms with Crippen LogP contribution in [0.3, 0.4) is 0 Å². The Hall–Kier alpha value is -4.15. The van der Waals surface area contributed by atoms with Gasteiger partial charge in [-0.1, -0.05) is 19.1 Å². The minimum atomic E-state index is -5.08. The summed E-state index contributed by atoms with van der Waals surface area (Å²) in [7, 11) is 1.36. The molecule has 8 nitrogen and oxygen atoms in total. The third kappa shape index (κ3) is 5.42. The van der Waals surface area contributed by atoms with E-state index in [9.17, 15) is 22.8 Å². The van der Waals surface area contributed by atoms with Crippen LogP contribution in [0.25, 0.3) is 22.5 Å². The smallest absolute Gasteiger partial charge is 0.475 e. The molecule has 178 valence electrons. The third-order valence-corrected chi connectivity index (χ3v) is 5.07. The Balaban J connectivity index is 0.000000406. The van der Waals surface area contributed by atoms with E-state index in [0.29, 0.717) is 17.7 Å². The summed E-state index contributed by atoms with van der Waals surface area (Å²) in [5.74, 6) is -2.92. The number of carbonyl (C=O) groups is 3. The van der Waals surface area contributed by atoms with E-state index in [0.717, 1.165) is 28.2 Å². The van der Waals surface area contributed by atoms with Crippen molar-refractivity contribution in [1.29, 1.82) is 0 Å². The number of ether oxygens (including phenoxy) is 1. The van der Waals surface area contributed by atoms with Crippen LogP contribution in [-0.2, 0) is 9.53 Å². The second kappa shape index (κ2) is 9.77. The summed E-state index contributed by atoms with van der Waals surface area (Å²) in [6.45, 7) is 2.72. The van der Waals surface area contributed by atoms with Gasteiger partial charge in [0.1, 0.15) is 0 Å². The summed E-state index contributed by atoms with van der Waals surface area (Å²) in [6.07, 6.45) is -3.35. The number of amides is 1. The van der Waals surface area contributed by atoms with Gasteiger partial charge in [0, 0.05) is 41.2 Å². The predicted molar refractivity (Wildman–Crippen MR) is 115 cm³/mol. The number of H-pyrrole nitrogens is 1. The molecule has 1 aliphatic rings. The average molecular weight is 475 g/mol. The van der Waals surface area contributed by atoms with Crippen LogP contribution in [0.15, 0.2) is 48.7 Å². The Labute approximate surface area is 191 Å². The molecule has 0 fully saturated rings. The Kier molecular flexibility index (Phi) is 7.04. The monoisotopic (exact) mass is 475 g/mol. The molecule has 0 aliphatic carbocycles. The van der Waals surface area contributed by atoms with Crippen molar-refractivity contribution in [3.8, 4) is 22.5 Å². The SMILES string of the molecule is COC(=O)c1ccc(-c2cc(-c3cc4c([nH]3)C(C)CNC4=O)ccn2)cc1.O=C(O)C(F)(F)F. The number of carbonyl (C=O) groups excluding carboxylic acids is 2. The van der Waals surface area contributed by atoms with Crippen LogP contribution in [0, 0.1) is 0 Å². The Morgan fingerprint density at radius 3 is 2.32 bits per heavy atom. The average Bonchev–Trinajstić information content (AvgIpc) is 3.28. The number of carboxylic acid groups (broad SMARTS) is 1. The number of esters is 1. The van der Waals surface area contributed by atoms with Gasteiger partial charge in [-0.25, -0.2) is 9.59 Å². The van der Waals surface area contributed by atoms with E-state index >= 15 is 0 Å². The molecule has 3 heterocycles. The third-order valence-electron chi connectivity index (χ3n) is 5.07. The van der Waals surface area contributed by atoms with Gasteiger partial charge in [0.2, 0.25) is 0 Å². The number of pyridine rings is 1. The van der Waals surface area contributed by atoms with Gasteiger partial charge in [0.25, 0.3) is 5.91 Å². The van der Waals surface area contributed by atoms with Crippen molar-refractivity contribution in [2.45, 2.75) is 19.0 Å². The molecule has 0 saturated heterocycles. The van der Waals surface area contributed by atoms with Crippen LogP contribution in [0.1, 0.15) is 39.3 Å². The number of rotatable bonds is 3. The summed E-state index contributed by atoms with van der Waals surface area (Å²) < 4.78 is 36.5. The van der Waals surface area contributed by atoms with E-state index < -0.39 is 12.1 Å². The van der Waals surface area contributed by atoms with Gasteiger partial charge in [-0.3, -0.25) is 9.78 Å². The van der Waals surface area contributed by atoms with Crippen LogP contribution in [0.4, 0.5) is 13.2 Å². The quantitative estimate of drug-likeness (QED) is 0.492. The van der Waals surface area contributed by atoms with Gasteiger partial charge in [-0.05, 0) is 30.3 Å². The molecule has 11 heteroatoms. The highest BCUT2D eigenvalue weighted by atomic mass is 19.4. The number of nitrogens with one attached hydrogen (secondary N) is 2. The van der Waals surface area contributed by atoms with Crippen molar-refractivity contribution < 1.29 is 37.4 Å². The fourth-order valence-corrected chi connectivity index (χ4v) is 3.30. The summed E-state index contributed by atoms with van der Waals surface area (Å²) in [4.78, 5) is 40.4. The van der Waals surface area contributed by atoms with Crippen LogP contribution in [0.5, 0.6) is 0 Å². The van der Waals surface area contributed by atoms with Crippen LogP contribution in [-0.4, -0.2) is 52.8 Å². The second-order valence-corrected chi connectivity index (χ2v) is 7.42. The molecule has 0 bridgehead atoms. The molecule has 1 atom stereocenters. The number of nitrogens with zero attached hydrogens (tertiary/aromatic N) is 1. The standard InChI is InChI=1S/C21H19N3O3.C2HF3O2/c1-12-11-23-20(25)16-10-18(24-19(12)16)15-7-8-22-17(9-15)13-3-5-14(6-4-13)21(26)27-2;3-2(4,5)1(6)7/h3-10,12,24H,11H2,1-2H3,(H,23,25);(H,6,7). The van der Waals surface area contributed by atoms with Crippen LogP contribution >= 0.6 is 0 Å². The lowest BCUT2D eigenvalue weighted by molar-refractivity contribution is -0.192. The number of aromatic nitrogens is 2. The topological polar surface area (TPSA) is 121 Å². The zero-order valence-electron chi connectivity index (χ0n) is 18.1. The van der Waals surface area contributed by atoms with E-state index in [4.69, 9.17) is 14.6 Å². The van der Waals surface area contributed by atoms with Gasteiger partial charge in [0.05, 0.1) is 23.9 Å². The molecule has 1 aromatic carbocycles. The summed E-state index contributed by atoms with van der Waals surface area (Å²) in [5.41, 5.74) is 5.68. The molecule has 0 saturated carbocycles. The highest BCUT2D eigenvalue weighted by Crippen LogP contribution is 2.30. The number of aromatic amines is 1. The molecule has 3 N–H and O–H groups in total. The number of hydrogen-bond acceptors (Lipinski definition) is 5. The summed E-state index contributed by atoms with van der Waals surface area (Å²) >= 11 is 0. The second-order valence-electron chi connectivity index (χ2n) is 7.42. The minimum Gasteiger partial charge on any atom is -0.475 e. The van der Waals surface area contributed by atoms with Crippen molar-refractivity contribution in [3.05, 3.63) is 65.5 Å². The molecule has 1 aliphatic heterocycles. The maximum atomic E-state index is 12.1. The van der Waals surface area contributed by atoms with Gasteiger partial charge >= 0.3 is 18.1 Å².